The van der Waals surface area contributed by atoms with Crippen LogP contribution in [0.25, 0.3) is 0 Å². The van der Waals surface area contributed by atoms with Crippen LogP contribution in [0.4, 0.5) is 0 Å². The average molecular weight is 305 g/mol. The van der Waals surface area contributed by atoms with Crippen LogP contribution in [0.2, 0.25) is 0 Å². The lowest BCUT2D eigenvalue weighted by Crippen LogP contribution is -2.34. The van der Waals surface area contributed by atoms with Gasteiger partial charge in [-0.1, -0.05) is 66.7 Å². The van der Waals surface area contributed by atoms with Gasteiger partial charge in [-0.2, -0.15) is 0 Å². The van der Waals surface area contributed by atoms with Crippen molar-refractivity contribution < 1.29 is 9.59 Å². The first-order valence-electron chi connectivity index (χ1n) is 7.85. The summed E-state index contributed by atoms with van der Waals surface area (Å²) in [5.74, 6) is -0.325. The van der Waals surface area contributed by atoms with Crippen LogP contribution in [0.15, 0.2) is 72.9 Å². The zero-order chi connectivity index (χ0) is 16.1. The summed E-state index contributed by atoms with van der Waals surface area (Å²) in [5, 5.41) is 0. The van der Waals surface area contributed by atoms with Crippen LogP contribution >= 0.6 is 0 Å². The molecule has 23 heavy (non-hydrogen) atoms. The lowest BCUT2D eigenvalue weighted by atomic mass is 9.92. The van der Waals surface area contributed by atoms with Gasteiger partial charge in [0, 0.05) is 24.7 Å². The molecule has 0 aromatic heterocycles. The number of rotatable bonds is 5. The summed E-state index contributed by atoms with van der Waals surface area (Å²) in [6, 6.07) is 19.2. The van der Waals surface area contributed by atoms with Crippen molar-refractivity contribution in [3.05, 3.63) is 84.1 Å². The molecule has 1 aliphatic rings. The Morgan fingerprint density at radius 2 is 1.65 bits per heavy atom. The standard InChI is InChI=1S/C20H19NO2/c22-19-15-18(20(23)17-9-5-2-6-10-17)12-14-21(19)13-11-16-7-3-1-4-8-16/h1-10,12,14,18H,11,13,15H2. The Balaban J connectivity index is 1.62. The van der Waals surface area contributed by atoms with E-state index in [1.165, 1.54) is 5.56 Å². The first kappa shape index (κ1) is 15.2. The van der Waals surface area contributed by atoms with Crippen LogP contribution in [0, 0.1) is 5.92 Å². The second kappa shape index (κ2) is 7.05. The normalized spacial score (nSPS) is 17.3. The van der Waals surface area contributed by atoms with Gasteiger partial charge in [0.1, 0.15) is 0 Å². The van der Waals surface area contributed by atoms with Gasteiger partial charge in [0.15, 0.2) is 5.78 Å². The van der Waals surface area contributed by atoms with E-state index in [9.17, 15) is 9.59 Å². The molecule has 2 aromatic carbocycles. The average Bonchev–Trinajstić information content (AvgIpc) is 2.61. The molecule has 2 aromatic rings. The molecule has 0 spiro atoms. The van der Waals surface area contributed by atoms with Gasteiger partial charge in [-0.25, -0.2) is 0 Å². The quantitative estimate of drug-likeness (QED) is 0.793. The highest BCUT2D eigenvalue weighted by Gasteiger charge is 2.26. The minimum Gasteiger partial charge on any atom is -0.319 e. The van der Waals surface area contributed by atoms with E-state index in [-0.39, 0.29) is 24.0 Å². The molecule has 0 N–H and O–H groups in total. The summed E-state index contributed by atoms with van der Waals surface area (Å²) in [6.45, 7) is 0.644. The third kappa shape index (κ3) is 3.75. The van der Waals surface area contributed by atoms with E-state index < -0.39 is 0 Å². The van der Waals surface area contributed by atoms with Crippen molar-refractivity contribution in [2.75, 3.05) is 6.54 Å². The van der Waals surface area contributed by atoms with Crippen molar-refractivity contribution >= 4 is 11.7 Å². The second-order valence-corrected chi connectivity index (χ2v) is 5.71. The van der Waals surface area contributed by atoms with E-state index in [1.807, 2.05) is 42.5 Å². The summed E-state index contributed by atoms with van der Waals surface area (Å²) in [7, 11) is 0. The highest BCUT2D eigenvalue weighted by atomic mass is 16.2. The predicted octanol–water partition coefficient (Wildman–Crippen LogP) is 3.47. The third-order valence-electron chi connectivity index (χ3n) is 4.09. The van der Waals surface area contributed by atoms with Crippen LogP contribution in [0.5, 0.6) is 0 Å². The van der Waals surface area contributed by atoms with Gasteiger partial charge in [-0.15, -0.1) is 0 Å². The van der Waals surface area contributed by atoms with Crippen molar-refractivity contribution in [2.45, 2.75) is 12.8 Å². The number of benzene rings is 2. The molecule has 1 heterocycles. The highest BCUT2D eigenvalue weighted by Crippen LogP contribution is 2.20. The second-order valence-electron chi connectivity index (χ2n) is 5.71. The van der Waals surface area contributed by atoms with E-state index in [0.29, 0.717) is 12.1 Å². The van der Waals surface area contributed by atoms with Crippen molar-refractivity contribution in [3.8, 4) is 0 Å². The molecular formula is C20H19NO2. The van der Waals surface area contributed by atoms with Crippen molar-refractivity contribution in [2.24, 2.45) is 5.92 Å². The van der Waals surface area contributed by atoms with Gasteiger partial charge in [-0.05, 0) is 12.0 Å². The summed E-state index contributed by atoms with van der Waals surface area (Å²) >= 11 is 0. The minimum absolute atomic E-state index is 0.0118. The van der Waals surface area contributed by atoms with Gasteiger partial charge >= 0.3 is 0 Å². The molecule has 3 heteroatoms. The Morgan fingerprint density at radius 1 is 1.00 bits per heavy atom. The molecule has 0 saturated carbocycles. The topological polar surface area (TPSA) is 37.4 Å². The molecule has 116 valence electrons. The van der Waals surface area contributed by atoms with Gasteiger partial charge < -0.3 is 4.90 Å². The zero-order valence-electron chi connectivity index (χ0n) is 12.9. The highest BCUT2D eigenvalue weighted by molar-refractivity contribution is 6.01. The Hall–Kier alpha value is -2.68. The van der Waals surface area contributed by atoms with E-state index in [4.69, 9.17) is 0 Å². The largest absolute Gasteiger partial charge is 0.319 e. The van der Waals surface area contributed by atoms with Crippen LogP contribution in [-0.4, -0.2) is 23.1 Å². The number of nitrogens with zero attached hydrogens (tertiary/aromatic N) is 1. The summed E-state index contributed by atoms with van der Waals surface area (Å²) in [4.78, 5) is 26.4. The molecule has 0 saturated heterocycles. The molecule has 3 rings (SSSR count). The maximum atomic E-state index is 12.4. The number of ketones is 1. The van der Waals surface area contributed by atoms with E-state index in [0.717, 1.165) is 6.42 Å². The fourth-order valence-corrected chi connectivity index (χ4v) is 2.75. The third-order valence-corrected chi connectivity index (χ3v) is 4.09. The number of carbonyl (C=O) groups excluding carboxylic acids is 2. The summed E-state index contributed by atoms with van der Waals surface area (Å²) < 4.78 is 0. The molecule has 1 aliphatic heterocycles. The monoisotopic (exact) mass is 305 g/mol. The minimum atomic E-state index is -0.349. The lowest BCUT2D eigenvalue weighted by molar-refractivity contribution is -0.129. The van der Waals surface area contributed by atoms with Gasteiger partial charge in [-0.3, -0.25) is 9.59 Å². The Labute approximate surface area is 136 Å². The van der Waals surface area contributed by atoms with Crippen molar-refractivity contribution in [1.29, 1.82) is 0 Å². The molecular weight excluding hydrogens is 286 g/mol. The van der Waals surface area contributed by atoms with E-state index in [1.54, 1.807) is 23.2 Å². The van der Waals surface area contributed by atoms with Gasteiger partial charge in [0.05, 0.1) is 5.92 Å². The van der Waals surface area contributed by atoms with Crippen LogP contribution in [-0.2, 0) is 11.2 Å². The first-order valence-corrected chi connectivity index (χ1v) is 7.85. The molecule has 1 unspecified atom stereocenters. The van der Waals surface area contributed by atoms with E-state index >= 15 is 0 Å². The number of carbonyl (C=O) groups is 2. The molecule has 0 aliphatic carbocycles. The molecule has 0 bridgehead atoms. The van der Waals surface area contributed by atoms with Crippen molar-refractivity contribution in [3.63, 3.8) is 0 Å². The summed E-state index contributed by atoms with van der Waals surface area (Å²) in [5.41, 5.74) is 1.86. The van der Waals surface area contributed by atoms with Gasteiger partial charge in [0.25, 0.3) is 0 Å². The van der Waals surface area contributed by atoms with Crippen LogP contribution < -0.4 is 0 Å². The molecule has 1 amide bonds. The number of amides is 1. The SMILES string of the molecule is O=C(c1ccccc1)C1C=CN(CCc2ccccc2)C(=O)C1. The number of allylic oxidation sites excluding steroid dienone is 1. The summed E-state index contributed by atoms with van der Waals surface area (Å²) in [6.07, 6.45) is 4.68. The Bertz CT molecular complexity index is 707. The fraction of sp³-hybridized carbons (Fsp3) is 0.200. The van der Waals surface area contributed by atoms with E-state index in [2.05, 4.69) is 12.1 Å². The van der Waals surface area contributed by atoms with Crippen LogP contribution in [0.1, 0.15) is 22.3 Å². The van der Waals surface area contributed by atoms with Crippen LogP contribution in [0.3, 0.4) is 0 Å². The number of hydrogen-bond acceptors (Lipinski definition) is 2. The number of Topliss-reactive ketones (excluding diaryl/α,β-unsaturated/α-hetero) is 1. The molecule has 0 radical (unpaired) electrons. The smallest absolute Gasteiger partial charge is 0.227 e. The first-order chi connectivity index (χ1) is 11.2. The molecule has 1 atom stereocenters. The lowest BCUT2D eigenvalue weighted by Gasteiger charge is -2.25. The predicted molar refractivity (Wildman–Crippen MR) is 89.9 cm³/mol. The fourth-order valence-electron chi connectivity index (χ4n) is 2.75. The zero-order valence-corrected chi connectivity index (χ0v) is 12.9. The maximum absolute atomic E-state index is 12.4. The molecule has 0 fully saturated rings. The van der Waals surface area contributed by atoms with Crippen molar-refractivity contribution in [1.82, 2.24) is 4.90 Å². The Kier molecular flexibility index (Phi) is 4.67. The van der Waals surface area contributed by atoms with Gasteiger partial charge in [0.2, 0.25) is 5.91 Å². The maximum Gasteiger partial charge on any atom is 0.227 e. The Morgan fingerprint density at radius 3 is 2.30 bits per heavy atom. The molecule has 3 nitrogen and oxygen atoms in total. The number of hydrogen-bond donors (Lipinski definition) is 0.